The van der Waals surface area contributed by atoms with Crippen molar-refractivity contribution < 1.29 is 23.8 Å². The molecule has 2 aromatic carbocycles. The van der Waals surface area contributed by atoms with Crippen molar-refractivity contribution in [2.75, 3.05) is 12.4 Å². The number of allylic oxidation sites excluding steroid dienone is 1. The highest BCUT2D eigenvalue weighted by Crippen LogP contribution is 2.37. The number of methoxy groups -OCH3 is 1. The molecule has 146 valence electrons. The molecule has 0 atom stereocenters. The van der Waals surface area contributed by atoms with Crippen molar-refractivity contribution in [3.63, 3.8) is 0 Å². The van der Waals surface area contributed by atoms with Gasteiger partial charge >= 0.3 is 0 Å². The van der Waals surface area contributed by atoms with E-state index in [1.807, 2.05) is 0 Å². The SMILES string of the molecule is COc1cccc2c(NC(=O)C(C#N)=C(C)O)c(C(=O)c3ccc(Br)cc3)oc12. The first-order valence-corrected chi connectivity index (χ1v) is 9.17. The van der Waals surface area contributed by atoms with Gasteiger partial charge in [-0.05, 0) is 43.3 Å². The van der Waals surface area contributed by atoms with Gasteiger partial charge in [-0.1, -0.05) is 22.0 Å². The van der Waals surface area contributed by atoms with Gasteiger partial charge in [-0.2, -0.15) is 5.26 Å². The van der Waals surface area contributed by atoms with E-state index in [-0.39, 0.29) is 17.0 Å². The maximum atomic E-state index is 13.1. The predicted molar refractivity (Wildman–Crippen MR) is 110 cm³/mol. The fourth-order valence-electron chi connectivity index (χ4n) is 2.74. The number of carbonyl (C=O) groups excluding carboxylic acids is 2. The summed E-state index contributed by atoms with van der Waals surface area (Å²) in [4.78, 5) is 25.6. The number of para-hydroxylation sites is 1. The van der Waals surface area contributed by atoms with E-state index in [0.29, 0.717) is 16.7 Å². The van der Waals surface area contributed by atoms with Gasteiger partial charge in [0.2, 0.25) is 5.78 Å². The van der Waals surface area contributed by atoms with Crippen molar-refractivity contribution in [3.8, 4) is 11.8 Å². The van der Waals surface area contributed by atoms with Crippen LogP contribution in [0.5, 0.6) is 5.75 Å². The first-order valence-electron chi connectivity index (χ1n) is 8.38. The minimum absolute atomic E-state index is 0.0887. The van der Waals surface area contributed by atoms with Crippen LogP contribution in [-0.4, -0.2) is 23.9 Å². The summed E-state index contributed by atoms with van der Waals surface area (Å²) in [7, 11) is 1.46. The number of nitrogens with zero attached hydrogens (tertiary/aromatic N) is 1. The number of nitrogens with one attached hydrogen (secondary N) is 1. The Morgan fingerprint density at radius 3 is 2.48 bits per heavy atom. The maximum Gasteiger partial charge on any atom is 0.269 e. The minimum atomic E-state index is -0.858. The van der Waals surface area contributed by atoms with E-state index in [4.69, 9.17) is 14.4 Å². The monoisotopic (exact) mass is 454 g/mol. The van der Waals surface area contributed by atoms with Crippen LogP contribution in [0.15, 0.2) is 62.7 Å². The van der Waals surface area contributed by atoms with Gasteiger partial charge in [0.1, 0.15) is 11.8 Å². The fourth-order valence-corrected chi connectivity index (χ4v) is 3.01. The number of anilines is 1. The van der Waals surface area contributed by atoms with Gasteiger partial charge in [0.25, 0.3) is 5.91 Å². The van der Waals surface area contributed by atoms with Gasteiger partial charge in [-0.15, -0.1) is 0 Å². The molecule has 1 amide bonds. The molecule has 2 N–H and O–H groups in total. The van der Waals surface area contributed by atoms with E-state index in [9.17, 15) is 14.7 Å². The molecular weight excluding hydrogens is 440 g/mol. The number of nitriles is 1. The van der Waals surface area contributed by atoms with Crippen molar-refractivity contribution in [3.05, 3.63) is 69.6 Å². The quantitative estimate of drug-likeness (QED) is 0.249. The Kier molecular flexibility index (Phi) is 5.71. The topological polar surface area (TPSA) is 113 Å². The molecular formula is C21H15BrN2O5. The molecule has 0 saturated carbocycles. The number of rotatable bonds is 5. The molecule has 0 spiro atoms. The Bertz CT molecular complexity index is 1180. The Labute approximate surface area is 174 Å². The molecule has 7 nitrogen and oxygen atoms in total. The molecule has 0 radical (unpaired) electrons. The van der Waals surface area contributed by atoms with Crippen LogP contribution in [0.2, 0.25) is 0 Å². The Balaban J connectivity index is 2.18. The number of ether oxygens (including phenoxy) is 1. The van der Waals surface area contributed by atoms with Gasteiger partial charge in [0, 0.05) is 15.4 Å². The zero-order chi connectivity index (χ0) is 21.1. The van der Waals surface area contributed by atoms with E-state index < -0.39 is 23.0 Å². The number of benzene rings is 2. The van der Waals surface area contributed by atoms with Crippen LogP contribution in [0, 0.1) is 11.3 Å². The summed E-state index contributed by atoms with van der Waals surface area (Å²) in [6, 6.07) is 13.3. The lowest BCUT2D eigenvalue weighted by Crippen LogP contribution is -2.16. The van der Waals surface area contributed by atoms with Gasteiger partial charge in [-0.25, -0.2) is 0 Å². The second-order valence-electron chi connectivity index (χ2n) is 6.01. The molecule has 0 fully saturated rings. The zero-order valence-electron chi connectivity index (χ0n) is 15.4. The lowest BCUT2D eigenvalue weighted by atomic mass is 10.1. The third kappa shape index (κ3) is 3.86. The summed E-state index contributed by atoms with van der Waals surface area (Å²) in [5.74, 6) is -1.50. The fraction of sp³-hybridized carbons (Fsp3) is 0.0952. The minimum Gasteiger partial charge on any atom is -0.511 e. The third-order valence-corrected chi connectivity index (χ3v) is 4.68. The summed E-state index contributed by atoms with van der Waals surface area (Å²) in [6.07, 6.45) is 0. The molecule has 8 heteroatoms. The molecule has 1 aromatic heterocycles. The van der Waals surface area contributed by atoms with Crippen LogP contribution in [-0.2, 0) is 4.79 Å². The van der Waals surface area contributed by atoms with E-state index >= 15 is 0 Å². The number of halogens is 1. The first-order chi connectivity index (χ1) is 13.9. The number of ketones is 1. The molecule has 29 heavy (non-hydrogen) atoms. The van der Waals surface area contributed by atoms with Crippen LogP contribution in [0.25, 0.3) is 11.0 Å². The largest absolute Gasteiger partial charge is 0.511 e. The number of aliphatic hydroxyl groups excluding tert-OH is 1. The second-order valence-corrected chi connectivity index (χ2v) is 6.92. The van der Waals surface area contributed by atoms with Gasteiger partial charge in [0.05, 0.1) is 12.8 Å². The lowest BCUT2D eigenvalue weighted by Gasteiger charge is -2.06. The number of amides is 1. The standard InChI is InChI=1S/C21H15BrN2O5/c1-11(25)15(10-23)21(27)24-17-14-4-3-5-16(28-2)19(14)29-20(17)18(26)12-6-8-13(22)9-7-12/h3-9,25H,1-2H3,(H,24,27). The van der Waals surface area contributed by atoms with Crippen LogP contribution in [0.1, 0.15) is 23.0 Å². The van der Waals surface area contributed by atoms with E-state index in [1.54, 1.807) is 48.5 Å². The number of fused-ring (bicyclic) bond motifs is 1. The summed E-state index contributed by atoms with van der Waals surface area (Å²) >= 11 is 3.31. The highest BCUT2D eigenvalue weighted by Gasteiger charge is 2.26. The van der Waals surface area contributed by atoms with E-state index in [1.165, 1.54) is 14.0 Å². The second kappa shape index (κ2) is 8.20. The van der Waals surface area contributed by atoms with Gasteiger partial charge < -0.3 is 19.6 Å². The van der Waals surface area contributed by atoms with Crippen molar-refractivity contribution in [1.29, 1.82) is 5.26 Å². The summed E-state index contributed by atoms with van der Waals surface area (Å²) in [6.45, 7) is 1.22. The summed E-state index contributed by atoms with van der Waals surface area (Å²) in [5, 5.41) is 21.6. The third-order valence-electron chi connectivity index (χ3n) is 4.15. The Morgan fingerprint density at radius 2 is 1.90 bits per heavy atom. The normalized spacial score (nSPS) is 11.5. The van der Waals surface area contributed by atoms with E-state index in [2.05, 4.69) is 21.2 Å². The molecule has 0 unspecified atom stereocenters. The number of carbonyl (C=O) groups is 2. The number of hydrogen-bond acceptors (Lipinski definition) is 6. The van der Waals surface area contributed by atoms with Crippen LogP contribution >= 0.6 is 15.9 Å². The van der Waals surface area contributed by atoms with Crippen LogP contribution in [0.4, 0.5) is 5.69 Å². The van der Waals surface area contributed by atoms with E-state index in [0.717, 1.165) is 4.47 Å². The Morgan fingerprint density at radius 1 is 1.21 bits per heavy atom. The van der Waals surface area contributed by atoms with Crippen LogP contribution in [0.3, 0.4) is 0 Å². The van der Waals surface area contributed by atoms with Crippen molar-refractivity contribution in [1.82, 2.24) is 0 Å². The summed E-state index contributed by atoms with van der Waals surface area (Å²) < 4.78 is 11.9. The van der Waals surface area contributed by atoms with Crippen LogP contribution < -0.4 is 10.1 Å². The summed E-state index contributed by atoms with van der Waals surface area (Å²) in [5.41, 5.74) is 0.236. The van der Waals surface area contributed by atoms with Crippen molar-refractivity contribution in [2.45, 2.75) is 6.92 Å². The van der Waals surface area contributed by atoms with Crippen molar-refractivity contribution in [2.24, 2.45) is 0 Å². The molecule has 0 saturated heterocycles. The number of furan rings is 1. The molecule has 0 aliphatic carbocycles. The highest BCUT2D eigenvalue weighted by atomic mass is 79.9. The number of aliphatic hydroxyl groups is 1. The molecule has 3 rings (SSSR count). The smallest absolute Gasteiger partial charge is 0.269 e. The Hall–Kier alpha value is -3.57. The lowest BCUT2D eigenvalue weighted by molar-refractivity contribution is -0.112. The molecule has 0 bridgehead atoms. The molecule has 3 aromatic rings. The van der Waals surface area contributed by atoms with Gasteiger partial charge in [0.15, 0.2) is 22.7 Å². The molecule has 0 aliphatic heterocycles. The maximum absolute atomic E-state index is 13.1. The average Bonchev–Trinajstić information content (AvgIpc) is 3.06. The number of hydrogen-bond donors (Lipinski definition) is 2. The highest BCUT2D eigenvalue weighted by molar-refractivity contribution is 9.10. The molecule has 1 heterocycles. The average molecular weight is 455 g/mol. The predicted octanol–water partition coefficient (Wildman–Crippen LogP) is 4.73. The van der Waals surface area contributed by atoms with Crippen molar-refractivity contribution >= 4 is 44.3 Å². The zero-order valence-corrected chi connectivity index (χ0v) is 17.0. The van der Waals surface area contributed by atoms with Gasteiger partial charge in [-0.3, -0.25) is 9.59 Å². The first kappa shape index (κ1) is 20.2. The molecule has 0 aliphatic rings.